The molecule has 0 radical (unpaired) electrons. The molecule has 0 aliphatic heterocycles. The van der Waals surface area contributed by atoms with Gasteiger partial charge in [0.25, 0.3) is 0 Å². The van der Waals surface area contributed by atoms with Gasteiger partial charge in [-0.15, -0.1) is 0 Å². The molecule has 5 heteroatoms. The lowest BCUT2D eigenvalue weighted by Crippen LogP contribution is -2.15. The Bertz CT molecular complexity index is 440. The molecule has 0 saturated heterocycles. The van der Waals surface area contributed by atoms with Crippen LogP contribution in [0, 0.1) is 11.3 Å². The Hall–Kier alpha value is -1.38. The molecule has 1 aromatic carbocycles. The third-order valence-electron chi connectivity index (χ3n) is 2.20. The van der Waals surface area contributed by atoms with Gasteiger partial charge in [0.1, 0.15) is 0 Å². The molecule has 0 unspecified atom stereocenters. The van der Waals surface area contributed by atoms with E-state index in [2.05, 4.69) is 26.6 Å². The van der Waals surface area contributed by atoms with Crippen molar-refractivity contribution in [2.45, 2.75) is 12.8 Å². The maximum absolute atomic E-state index is 11.6. The van der Waals surface area contributed by atoms with E-state index in [1.807, 2.05) is 13.1 Å². The van der Waals surface area contributed by atoms with Crippen LogP contribution in [0.25, 0.3) is 0 Å². The van der Waals surface area contributed by atoms with Crippen molar-refractivity contribution >= 4 is 27.5 Å². The van der Waals surface area contributed by atoms with E-state index in [1.165, 1.54) is 0 Å². The van der Waals surface area contributed by atoms with E-state index in [9.17, 15) is 4.79 Å². The summed E-state index contributed by atoms with van der Waals surface area (Å²) in [6.45, 7) is 0.821. The first-order valence-corrected chi connectivity index (χ1v) is 6.10. The number of amides is 1. The normalized spacial score (nSPS) is 9.71. The fourth-order valence-electron chi connectivity index (χ4n) is 1.32. The zero-order chi connectivity index (χ0) is 12.7. The summed E-state index contributed by atoms with van der Waals surface area (Å²) in [6, 6.07) is 7.12. The molecule has 0 spiro atoms. The smallest absolute Gasteiger partial charge is 0.224 e. The Balaban J connectivity index is 2.57. The molecule has 0 aromatic heterocycles. The van der Waals surface area contributed by atoms with Crippen LogP contribution in [0.2, 0.25) is 0 Å². The lowest BCUT2D eigenvalue weighted by atomic mass is 10.2. The molecule has 1 amide bonds. The molecular formula is C12H14BrN3O. The fourth-order valence-corrected chi connectivity index (χ4v) is 1.80. The molecule has 1 aromatic rings. The molecule has 0 aliphatic carbocycles. The predicted octanol–water partition coefficient (Wildman–Crippen LogP) is 2.26. The summed E-state index contributed by atoms with van der Waals surface area (Å²) >= 11 is 3.32. The summed E-state index contributed by atoms with van der Waals surface area (Å²) in [4.78, 5) is 11.6. The summed E-state index contributed by atoms with van der Waals surface area (Å²) in [5.41, 5.74) is 1.25. The number of carbonyl (C=O) groups is 1. The monoisotopic (exact) mass is 295 g/mol. The lowest BCUT2D eigenvalue weighted by Gasteiger charge is -2.07. The van der Waals surface area contributed by atoms with Gasteiger partial charge in [-0.1, -0.05) is 0 Å². The van der Waals surface area contributed by atoms with Crippen LogP contribution in [0.3, 0.4) is 0 Å². The van der Waals surface area contributed by atoms with E-state index >= 15 is 0 Å². The highest BCUT2D eigenvalue weighted by Crippen LogP contribution is 2.23. The van der Waals surface area contributed by atoms with Crippen molar-refractivity contribution in [3.8, 4) is 6.07 Å². The average molecular weight is 296 g/mol. The van der Waals surface area contributed by atoms with E-state index in [0.29, 0.717) is 17.7 Å². The van der Waals surface area contributed by atoms with Crippen LogP contribution in [-0.4, -0.2) is 19.5 Å². The first-order chi connectivity index (χ1) is 8.17. The maximum Gasteiger partial charge on any atom is 0.224 e. The zero-order valence-corrected chi connectivity index (χ0v) is 11.2. The van der Waals surface area contributed by atoms with Gasteiger partial charge in [-0.2, -0.15) is 5.26 Å². The summed E-state index contributed by atoms with van der Waals surface area (Å²) in [6.07, 6.45) is 1.28. The molecule has 0 fully saturated rings. The van der Waals surface area contributed by atoms with Gasteiger partial charge < -0.3 is 10.6 Å². The highest BCUT2D eigenvalue weighted by Gasteiger charge is 2.05. The molecule has 0 saturated carbocycles. The van der Waals surface area contributed by atoms with Gasteiger partial charge >= 0.3 is 0 Å². The lowest BCUT2D eigenvalue weighted by molar-refractivity contribution is -0.116. The Morgan fingerprint density at radius 1 is 1.53 bits per heavy atom. The number of hydrogen-bond donors (Lipinski definition) is 2. The van der Waals surface area contributed by atoms with Crippen LogP contribution >= 0.6 is 15.9 Å². The molecule has 17 heavy (non-hydrogen) atoms. The molecule has 4 nitrogen and oxygen atoms in total. The number of carbonyl (C=O) groups excluding carboxylic acids is 1. The van der Waals surface area contributed by atoms with Gasteiger partial charge in [-0.25, -0.2) is 0 Å². The van der Waals surface area contributed by atoms with E-state index in [1.54, 1.807) is 18.2 Å². The van der Waals surface area contributed by atoms with E-state index in [-0.39, 0.29) is 5.91 Å². The maximum atomic E-state index is 11.6. The first kappa shape index (κ1) is 13.7. The van der Waals surface area contributed by atoms with E-state index in [0.717, 1.165) is 17.4 Å². The molecule has 90 valence electrons. The Kier molecular flexibility index (Phi) is 5.67. The van der Waals surface area contributed by atoms with E-state index in [4.69, 9.17) is 5.26 Å². The van der Waals surface area contributed by atoms with Crippen LogP contribution < -0.4 is 10.6 Å². The Morgan fingerprint density at radius 3 is 2.88 bits per heavy atom. The summed E-state index contributed by atoms with van der Waals surface area (Å²) in [7, 11) is 1.86. The molecule has 2 N–H and O–H groups in total. The van der Waals surface area contributed by atoms with Crippen molar-refractivity contribution in [3.63, 3.8) is 0 Å². The van der Waals surface area contributed by atoms with Crippen LogP contribution in [0.4, 0.5) is 5.69 Å². The van der Waals surface area contributed by atoms with Gasteiger partial charge in [0.05, 0.1) is 17.3 Å². The minimum Gasteiger partial charge on any atom is -0.325 e. The third-order valence-corrected chi connectivity index (χ3v) is 2.86. The number of nitrogens with zero attached hydrogens (tertiary/aromatic N) is 1. The highest BCUT2D eigenvalue weighted by atomic mass is 79.9. The van der Waals surface area contributed by atoms with Crippen LogP contribution in [0.5, 0.6) is 0 Å². The number of anilines is 1. The highest BCUT2D eigenvalue weighted by molar-refractivity contribution is 9.10. The second-order valence-electron chi connectivity index (χ2n) is 3.56. The third kappa shape index (κ3) is 4.55. The number of hydrogen-bond acceptors (Lipinski definition) is 3. The SMILES string of the molecule is CNCCCC(=O)Nc1ccc(C#N)cc1Br. The van der Waals surface area contributed by atoms with Gasteiger partial charge in [0, 0.05) is 10.9 Å². The summed E-state index contributed by atoms with van der Waals surface area (Å²) in [5.74, 6) is -0.0225. The molecular weight excluding hydrogens is 282 g/mol. The Morgan fingerprint density at radius 2 is 2.29 bits per heavy atom. The van der Waals surface area contributed by atoms with Gasteiger partial charge in [0.15, 0.2) is 0 Å². The molecule has 0 bridgehead atoms. The predicted molar refractivity (Wildman–Crippen MR) is 70.6 cm³/mol. The molecule has 0 aliphatic rings. The largest absolute Gasteiger partial charge is 0.325 e. The topological polar surface area (TPSA) is 64.9 Å². The average Bonchev–Trinajstić information content (AvgIpc) is 2.32. The Labute approximate surface area is 109 Å². The standard InChI is InChI=1S/C12H14BrN3O/c1-15-6-2-3-12(17)16-11-5-4-9(8-14)7-10(11)13/h4-5,7,15H,2-3,6H2,1H3,(H,16,17). The van der Waals surface area contributed by atoms with Gasteiger partial charge in [-0.3, -0.25) is 4.79 Å². The van der Waals surface area contributed by atoms with Crippen molar-refractivity contribution in [1.29, 1.82) is 5.26 Å². The number of nitrogens with one attached hydrogen (secondary N) is 2. The van der Waals surface area contributed by atoms with Crippen molar-refractivity contribution in [1.82, 2.24) is 5.32 Å². The molecule has 0 atom stereocenters. The zero-order valence-electron chi connectivity index (χ0n) is 9.59. The van der Waals surface area contributed by atoms with Crippen molar-refractivity contribution in [3.05, 3.63) is 28.2 Å². The van der Waals surface area contributed by atoms with Crippen molar-refractivity contribution in [2.75, 3.05) is 18.9 Å². The molecule has 1 rings (SSSR count). The van der Waals surface area contributed by atoms with Gasteiger partial charge in [0.2, 0.25) is 5.91 Å². The van der Waals surface area contributed by atoms with Crippen molar-refractivity contribution < 1.29 is 4.79 Å². The second kappa shape index (κ2) is 7.05. The van der Waals surface area contributed by atoms with Crippen LogP contribution in [-0.2, 0) is 4.79 Å². The number of rotatable bonds is 5. The summed E-state index contributed by atoms with van der Waals surface area (Å²) < 4.78 is 0.721. The van der Waals surface area contributed by atoms with Crippen molar-refractivity contribution in [2.24, 2.45) is 0 Å². The quantitative estimate of drug-likeness (QED) is 0.819. The number of halogens is 1. The minimum atomic E-state index is -0.0225. The van der Waals surface area contributed by atoms with E-state index < -0.39 is 0 Å². The van der Waals surface area contributed by atoms with Crippen LogP contribution in [0.1, 0.15) is 18.4 Å². The first-order valence-electron chi connectivity index (χ1n) is 5.31. The fraction of sp³-hybridized carbons (Fsp3) is 0.333. The number of benzene rings is 1. The van der Waals surface area contributed by atoms with Crippen LogP contribution in [0.15, 0.2) is 22.7 Å². The van der Waals surface area contributed by atoms with Gasteiger partial charge in [-0.05, 0) is 54.1 Å². The number of nitriles is 1. The second-order valence-corrected chi connectivity index (χ2v) is 4.42. The summed E-state index contributed by atoms with van der Waals surface area (Å²) in [5, 5.41) is 14.5. The molecule has 0 heterocycles. The minimum absolute atomic E-state index is 0.0225.